The van der Waals surface area contributed by atoms with Crippen molar-refractivity contribution in [2.75, 3.05) is 5.73 Å². The first-order valence-corrected chi connectivity index (χ1v) is 7.67. The van der Waals surface area contributed by atoms with Crippen LogP contribution in [-0.4, -0.2) is 15.5 Å². The van der Waals surface area contributed by atoms with Crippen molar-refractivity contribution in [3.8, 4) is 0 Å². The fourth-order valence-electron chi connectivity index (χ4n) is 2.21. The molecule has 1 heterocycles. The molecule has 1 aromatic carbocycles. The van der Waals surface area contributed by atoms with Gasteiger partial charge in [-0.1, -0.05) is 30.7 Å². The molecule has 0 spiro atoms. The first-order chi connectivity index (χ1) is 10.9. The summed E-state index contributed by atoms with van der Waals surface area (Å²) in [6.45, 7) is 3.79. The molecule has 2 rings (SSSR count). The van der Waals surface area contributed by atoms with Gasteiger partial charge in [0.15, 0.2) is 0 Å². The van der Waals surface area contributed by atoms with E-state index < -0.39 is 0 Å². The highest BCUT2D eigenvalue weighted by Gasteiger charge is 2.13. The molecule has 6 nitrogen and oxygen atoms in total. The molecule has 0 aliphatic rings. The number of nitrogens with one attached hydrogen (secondary N) is 1. The average Bonchev–Trinajstić information content (AvgIpc) is 2.54. The summed E-state index contributed by atoms with van der Waals surface area (Å²) in [5.74, 6) is -0.252. The molecule has 0 saturated heterocycles. The van der Waals surface area contributed by atoms with Gasteiger partial charge in [0.2, 0.25) is 11.9 Å². The van der Waals surface area contributed by atoms with Crippen molar-refractivity contribution in [3.05, 3.63) is 56.5 Å². The number of rotatable bonds is 5. The van der Waals surface area contributed by atoms with Gasteiger partial charge in [-0.15, -0.1) is 0 Å². The lowest BCUT2D eigenvalue weighted by Crippen LogP contribution is -2.35. The van der Waals surface area contributed by atoms with Gasteiger partial charge < -0.3 is 11.1 Å². The Morgan fingerprint density at radius 3 is 2.61 bits per heavy atom. The van der Waals surface area contributed by atoms with Crippen molar-refractivity contribution < 1.29 is 4.79 Å². The molecule has 0 bridgehead atoms. The second-order valence-electron chi connectivity index (χ2n) is 5.19. The fourth-order valence-corrected chi connectivity index (χ4v) is 2.34. The highest BCUT2D eigenvalue weighted by molar-refractivity contribution is 6.30. The van der Waals surface area contributed by atoms with Crippen molar-refractivity contribution >= 4 is 23.5 Å². The third-order valence-corrected chi connectivity index (χ3v) is 3.82. The highest BCUT2D eigenvalue weighted by atomic mass is 35.5. The molecule has 1 amide bonds. The molecule has 0 radical (unpaired) electrons. The number of carbonyl (C=O) groups excluding carboxylic acids is 1. The van der Waals surface area contributed by atoms with E-state index in [0.29, 0.717) is 29.2 Å². The number of hydrogen-bond acceptors (Lipinski definition) is 4. The van der Waals surface area contributed by atoms with E-state index in [2.05, 4.69) is 10.3 Å². The van der Waals surface area contributed by atoms with Gasteiger partial charge in [-0.25, -0.2) is 4.98 Å². The van der Waals surface area contributed by atoms with Crippen LogP contribution in [0.3, 0.4) is 0 Å². The molecule has 0 saturated carbocycles. The first kappa shape index (κ1) is 17.0. The highest BCUT2D eigenvalue weighted by Crippen LogP contribution is 2.09. The van der Waals surface area contributed by atoms with Crippen molar-refractivity contribution in [1.82, 2.24) is 14.9 Å². The molecular weight excluding hydrogens is 316 g/mol. The maximum Gasteiger partial charge on any atom is 0.258 e. The smallest absolute Gasteiger partial charge is 0.258 e. The SMILES string of the molecule is CCc1nc(N)n(CC(=O)NCc2ccc(Cl)cc2)c(=O)c1C. The van der Waals surface area contributed by atoms with E-state index >= 15 is 0 Å². The van der Waals surface area contributed by atoms with E-state index in [-0.39, 0.29) is 24.0 Å². The number of amides is 1. The third kappa shape index (κ3) is 4.10. The maximum atomic E-state index is 12.3. The molecule has 0 aliphatic carbocycles. The second kappa shape index (κ2) is 7.28. The topological polar surface area (TPSA) is 90.0 Å². The third-order valence-electron chi connectivity index (χ3n) is 3.56. The normalized spacial score (nSPS) is 10.6. The van der Waals surface area contributed by atoms with Crippen LogP contribution in [0.2, 0.25) is 5.02 Å². The summed E-state index contributed by atoms with van der Waals surface area (Å²) in [7, 11) is 0. The lowest BCUT2D eigenvalue weighted by Gasteiger charge is -2.12. The molecular formula is C16H19ClN4O2. The minimum absolute atomic E-state index is 0.0547. The summed E-state index contributed by atoms with van der Waals surface area (Å²) < 4.78 is 1.19. The van der Waals surface area contributed by atoms with Crippen LogP contribution in [0.4, 0.5) is 5.95 Å². The molecule has 3 N–H and O–H groups in total. The van der Waals surface area contributed by atoms with E-state index in [1.54, 1.807) is 19.1 Å². The van der Waals surface area contributed by atoms with Gasteiger partial charge in [0.1, 0.15) is 6.54 Å². The van der Waals surface area contributed by atoms with Crippen LogP contribution in [0.25, 0.3) is 0 Å². The van der Waals surface area contributed by atoms with Crippen molar-refractivity contribution in [2.24, 2.45) is 0 Å². The lowest BCUT2D eigenvalue weighted by molar-refractivity contribution is -0.121. The van der Waals surface area contributed by atoms with Crippen LogP contribution in [0, 0.1) is 6.92 Å². The van der Waals surface area contributed by atoms with Gasteiger partial charge in [0.05, 0.1) is 5.69 Å². The Kier molecular flexibility index (Phi) is 5.39. The van der Waals surface area contributed by atoms with Gasteiger partial charge in [-0.3, -0.25) is 14.2 Å². The van der Waals surface area contributed by atoms with E-state index in [9.17, 15) is 9.59 Å². The molecule has 7 heteroatoms. The number of halogens is 1. The zero-order valence-electron chi connectivity index (χ0n) is 13.1. The molecule has 23 heavy (non-hydrogen) atoms. The predicted octanol–water partition coefficient (Wildman–Crippen LogP) is 1.67. The number of nitrogen functional groups attached to an aromatic ring is 1. The Labute approximate surface area is 139 Å². The number of hydrogen-bond donors (Lipinski definition) is 2. The summed E-state index contributed by atoms with van der Waals surface area (Å²) >= 11 is 5.81. The number of carbonyl (C=O) groups is 1. The number of nitrogens with zero attached hydrogens (tertiary/aromatic N) is 2. The summed E-state index contributed by atoms with van der Waals surface area (Å²) in [4.78, 5) is 28.5. The Balaban J connectivity index is 2.07. The number of nitrogens with two attached hydrogens (primary N) is 1. The van der Waals surface area contributed by atoms with E-state index in [1.165, 1.54) is 4.57 Å². The first-order valence-electron chi connectivity index (χ1n) is 7.29. The lowest BCUT2D eigenvalue weighted by atomic mass is 10.2. The molecule has 122 valence electrons. The van der Waals surface area contributed by atoms with Gasteiger partial charge in [-0.05, 0) is 31.0 Å². The Hall–Kier alpha value is -2.34. The van der Waals surface area contributed by atoms with Crippen LogP contribution >= 0.6 is 11.6 Å². The van der Waals surface area contributed by atoms with Crippen molar-refractivity contribution in [2.45, 2.75) is 33.4 Å². The fraction of sp³-hybridized carbons (Fsp3) is 0.312. The quantitative estimate of drug-likeness (QED) is 0.870. The predicted molar refractivity (Wildman–Crippen MR) is 90.3 cm³/mol. The molecule has 0 atom stereocenters. The van der Waals surface area contributed by atoms with E-state index in [4.69, 9.17) is 17.3 Å². The second-order valence-corrected chi connectivity index (χ2v) is 5.63. The van der Waals surface area contributed by atoms with Crippen LogP contribution in [0.1, 0.15) is 23.7 Å². The largest absolute Gasteiger partial charge is 0.369 e. The molecule has 0 fully saturated rings. The van der Waals surface area contributed by atoms with E-state index in [0.717, 1.165) is 5.56 Å². The summed E-state index contributed by atoms with van der Waals surface area (Å²) in [6, 6.07) is 7.15. The number of benzene rings is 1. The van der Waals surface area contributed by atoms with Gasteiger partial charge in [-0.2, -0.15) is 0 Å². The van der Waals surface area contributed by atoms with Crippen LogP contribution in [-0.2, 0) is 24.3 Å². The minimum atomic E-state index is -0.306. The molecule has 0 unspecified atom stereocenters. The Morgan fingerprint density at radius 1 is 1.35 bits per heavy atom. The zero-order chi connectivity index (χ0) is 17.0. The van der Waals surface area contributed by atoms with E-state index in [1.807, 2.05) is 19.1 Å². The Bertz CT molecular complexity index is 769. The zero-order valence-corrected chi connectivity index (χ0v) is 13.9. The van der Waals surface area contributed by atoms with Crippen LogP contribution in [0.15, 0.2) is 29.1 Å². The monoisotopic (exact) mass is 334 g/mol. The maximum absolute atomic E-state index is 12.3. The van der Waals surface area contributed by atoms with Crippen LogP contribution in [0.5, 0.6) is 0 Å². The number of anilines is 1. The molecule has 1 aromatic heterocycles. The number of aryl methyl sites for hydroxylation is 1. The van der Waals surface area contributed by atoms with Crippen LogP contribution < -0.4 is 16.6 Å². The summed E-state index contributed by atoms with van der Waals surface area (Å²) in [5.41, 5.74) is 7.61. The standard InChI is InChI=1S/C16H19ClN4O2/c1-3-13-10(2)15(23)21(16(18)20-13)9-14(22)19-8-11-4-6-12(17)7-5-11/h4-7H,3,8-9H2,1-2H3,(H2,18,20)(H,19,22). The van der Waals surface area contributed by atoms with Crippen molar-refractivity contribution in [1.29, 1.82) is 0 Å². The molecule has 0 aliphatic heterocycles. The van der Waals surface area contributed by atoms with Gasteiger partial charge >= 0.3 is 0 Å². The molecule has 2 aromatic rings. The Morgan fingerprint density at radius 2 is 2.00 bits per heavy atom. The van der Waals surface area contributed by atoms with Crippen molar-refractivity contribution in [3.63, 3.8) is 0 Å². The number of aromatic nitrogens is 2. The summed E-state index contributed by atoms with van der Waals surface area (Å²) in [5, 5.41) is 3.38. The van der Waals surface area contributed by atoms with Gasteiger partial charge in [0, 0.05) is 17.1 Å². The summed E-state index contributed by atoms with van der Waals surface area (Å²) in [6.07, 6.45) is 0.620. The average molecular weight is 335 g/mol. The van der Waals surface area contributed by atoms with Gasteiger partial charge in [0.25, 0.3) is 5.56 Å². The minimum Gasteiger partial charge on any atom is -0.369 e.